The molecule has 0 radical (unpaired) electrons. The molecule has 4 rings (SSSR count). The van der Waals surface area contributed by atoms with Gasteiger partial charge in [-0.05, 0) is 77.5 Å². The Balaban J connectivity index is 1.91. The fraction of sp³-hybridized carbons (Fsp3) is 0.0952. The lowest BCUT2D eigenvalue weighted by Gasteiger charge is -2.38. The third-order valence-electron chi connectivity index (χ3n) is 4.52. The van der Waals surface area contributed by atoms with E-state index in [1.54, 1.807) is 17.0 Å². The largest absolute Gasteiger partial charge is 0.360 e. The summed E-state index contributed by atoms with van der Waals surface area (Å²) in [4.78, 5) is 15.2. The van der Waals surface area contributed by atoms with Gasteiger partial charge in [0, 0.05) is 30.6 Å². The van der Waals surface area contributed by atoms with E-state index in [0.717, 1.165) is 26.1 Å². The summed E-state index contributed by atoms with van der Waals surface area (Å²) in [5, 5.41) is 4.55. The molecule has 3 nitrogen and oxygen atoms in total. The second-order valence-corrected chi connectivity index (χ2v) is 8.51. The molecule has 3 aromatic rings. The third kappa shape index (κ3) is 3.53. The Bertz CT molecular complexity index is 1050. The van der Waals surface area contributed by atoms with Crippen molar-refractivity contribution in [2.75, 3.05) is 10.2 Å². The quantitative estimate of drug-likeness (QED) is 0.392. The second-order valence-electron chi connectivity index (χ2n) is 6.42. The standard InChI is InChI=1S/C21H15Cl2IN2O/c1-12-3-2-4-15(9-12)26-20(16-7-5-13(22)10-18(16)23)25-19-8-6-14(24)11-17(19)21(26)27/h2-11,20,25H,1H3/t20-/m1/s1. The predicted molar refractivity (Wildman–Crippen MR) is 120 cm³/mol. The maximum Gasteiger partial charge on any atom is 0.262 e. The lowest BCUT2D eigenvalue weighted by Crippen LogP contribution is -2.43. The van der Waals surface area contributed by atoms with Gasteiger partial charge in [0.25, 0.3) is 5.91 Å². The molecule has 27 heavy (non-hydrogen) atoms. The summed E-state index contributed by atoms with van der Waals surface area (Å²) in [6, 6.07) is 19.0. The number of anilines is 2. The number of carbonyl (C=O) groups is 1. The summed E-state index contributed by atoms with van der Waals surface area (Å²) >= 11 is 14.8. The molecule has 0 aromatic heterocycles. The maximum absolute atomic E-state index is 13.5. The van der Waals surface area contributed by atoms with Gasteiger partial charge in [-0.25, -0.2) is 0 Å². The predicted octanol–water partition coefficient (Wildman–Crippen LogP) is 6.68. The minimum absolute atomic E-state index is 0.0658. The smallest absolute Gasteiger partial charge is 0.262 e. The average molecular weight is 509 g/mol. The number of aryl methyl sites for hydroxylation is 1. The van der Waals surface area contributed by atoms with Crippen molar-refractivity contribution in [2.24, 2.45) is 0 Å². The van der Waals surface area contributed by atoms with Crippen LogP contribution >= 0.6 is 45.8 Å². The van der Waals surface area contributed by atoms with Crippen molar-refractivity contribution in [2.45, 2.75) is 13.1 Å². The topological polar surface area (TPSA) is 32.3 Å². The molecule has 0 bridgehead atoms. The first-order valence-corrected chi connectivity index (χ1v) is 10.2. The normalized spacial score (nSPS) is 16.1. The molecule has 0 fully saturated rings. The molecule has 0 spiro atoms. The van der Waals surface area contributed by atoms with Crippen LogP contribution in [0.4, 0.5) is 11.4 Å². The van der Waals surface area contributed by atoms with E-state index in [4.69, 9.17) is 23.2 Å². The molecule has 3 aromatic carbocycles. The number of halogens is 3. The van der Waals surface area contributed by atoms with E-state index in [0.29, 0.717) is 15.6 Å². The summed E-state index contributed by atoms with van der Waals surface area (Å²) in [5.41, 5.74) is 4.12. The highest BCUT2D eigenvalue weighted by Crippen LogP contribution is 2.40. The first-order valence-electron chi connectivity index (χ1n) is 8.35. The van der Waals surface area contributed by atoms with Gasteiger partial charge in [-0.2, -0.15) is 0 Å². The van der Waals surface area contributed by atoms with E-state index in [2.05, 4.69) is 27.9 Å². The maximum atomic E-state index is 13.5. The molecule has 0 saturated heterocycles. The van der Waals surface area contributed by atoms with E-state index in [-0.39, 0.29) is 5.91 Å². The Kier molecular flexibility index (Phi) is 5.05. The molecular weight excluding hydrogens is 494 g/mol. The van der Waals surface area contributed by atoms with Crippen LogP contribution in [0.1, 0.15) is 27.7 Å². The number of nitrogens with zero attached hydrogens (tertiary/aromatic N) is 1. The highest BCUT2D eigenvalue weighted by molar-refractivity contribution is 14.1. The summed E-state index contributed by atoms with van der Waals surface area (Å²) in [5.74, 6) is -0.0658. The molecule has 1 N–H and O–H groups in total. The first kappa shape index (κ1) is 18.6. The number of hydrogen-bond donors (Lipinski definition) is 1. The summed E-state index contributed by atoms with van der Waals surface area (Å²) in [6.07, 6.45) is -0.434. The minimum Gasteiger partial charge on any atom is -0.360 e. The third-order valence-corrected chi connectivity index (χ3v) is 5.75. The summed E-state index contributed by atoms with van der Waals surface area (Å²) in [6.45, 7) is 2.01. The number of benzene rings is 3. The molecule has 0 unspecified atom stereocenters. The number of hydrogen-bond acceptors (Lipinski definition) is 2. The lowest BCUT2D eigenvalue weighted by molar-refractivity contribution is 0.0975. The van der Waals surface area contributed by atoms with Crippen LogP contribution in [0, 0.1) is 10.5 Å². The zero-order chi connectivity index (χ0) is 19.1. The van der Waals surface area contributed by atoms with Crippen LogP contribution in [0.3, 0.4) is 0 Å². The summed E-state index contributed by atoms with van der Waals surface area (Å²) < 4.78 is 1.01. The minimum atomic E-state index is -0.434. The van der Waals surface area contributed by atoms with E-state index in [1.165, 1.54) is 0 Å². The fourth-order valence-corrected chi connectivity index (χ4v) is 4.27. The van der Waals surface area contributed by atoms with E-state index < -0.39 is 6.17 Å². The Labute approximate surface area is 181 Å². The second kappa shape index (κ2) is 7.34. The van der Waals surface area contributed by atoms with Crippen LogP contribution in [-0.2, 0) is 0 Å². The van der Waals surface area contributed by atoms with Crippen LogP contribution in [0.5, 0.6) is 0 Å². The number of nitrogens with one attached hydrogen (secondary N) is 1. The number of fused-ring (bicyclic) bond motifs is 1. The molecule has 0 aliphatic carbocycles. The van der Waals surface area contributed by atoms with Crippen molar-refractivity contribution < 1.29 is 4.79 Å². The number of amides is 1. The highest BCUT2D eigenvalue weighted by atomic mass is 127. The van der Waals surface area contributed by atoms with Gasteiger partial charge in [0.05, 0.1) is 5.56 Å². The molecular formula is C21H15Cl2IN2O. The van der Waals surface area contributed by atoms with Crippen molar-refractivity contribution in [1.29, 1.82) is 0 Å². The molecule has 1 amide bonds. The van der Waals surface area contributed by atoms with Crippen molar-refractivity contribution in [3.63, 3.8) is 0 Å². The van der Waals surface area contributed by atoms with E-state index in [9.17, 15) is 4.79 Å². The fourth-order valence-electron chi connectivity index (χ4n) is 3.26. The molecule has 6 heteroatoms. The van der Waals surface area contributed by atoms with Gasteiger partial charge < -0.3 is 5.32 Å². The Morgan fingerprint density at radius 2 is 1.85 bits per heavy atom. The van der Waals surface area contributed by atoms with Crippen molar-refractivity contribution in [1.82, 2.24) is 0 Å². The molecule has 1 atom stereocenters. The Morgan fingerprint density at radius 3 is 2.59 bits per heavy atom. The van der Waals surface area contributed by atoms with Crippen molar-refractivity contribution >= 4 is 63.1 Å². The number of carbonyl (C=O) groups excluding carboxylic acids is 1. The zero-order valence-electron chi connectivity index (χ0n) is 14.3. The molecule has 0 saturated carbocycles. The van der Waals surface area contributed by atoms with Crippen LogP contribution in [0.2, 0.25) is 10.0 Å². The van der Waals surface area contributed by atoms with Gasteiger partial charge in [-0.15, -0.1) is 0 Å². The van der Waals surface area contributed by atoms with E-state index >= 15 is 0 Å². The van der Waals surface area contributed by atoms with Crippen LogP contribution < -0.4 is 10.2 Å². The van der Waals surface area contributed by atoms with Crippen molar-refractivity contribution in [3.8, 4) is 0 Å². The SMILES string of the molecule is Cc1cccc(N2C(=O)c3cc(I)ccc3N[C@H]2c2ccc(Cl)cc2Cl)c1. The molecule has 1 aliphatic rings. The highest BCUT2D eigenvalue weighted by Gasteiger charge is 2.35. The zero-order valence-corrected chi connectivity index (χ0v) is 18.0. The molecule has 136 valence electrons. The van der Waals surface area contributed by atoms with Gasteiger partial charge in [0.2, 0.25) is 0 Å². The monoisotopic (exact) mass is 508 g/mol. The first-order chi connectivity index (χ1) is 12.9. The van der Waals surface area contributed by atoms with Crippen LogP contribution in [-0.4, -0.2) is 5.91 Å². The van der Waals surface area contributed by atoms with Crippen molar-refractivity contribution in [3.05, 3.63) is 91.0 Å². The van der Waals surface area contributed by atoms with Gasteiger partial charge >= 0.3 is 0 Å². The molecule has 1 aliphatic heterocycles. The molecule has 1 heterocycles. The number of rotatable bonds is 2. The Hall–Kier alpha value is -1.76. The van der Waals surface area contributed by atoms with Gasteiger partial charge in [-0.3, -0.25) is 9.69 Å². The Morgan fingerprint density at radius 1 is 1.04 bits per heavy atom. The average Bonchev–Trinajstić information content (AvgIpc) is 2.62. The lowest BCUT2D eigenvalue weighted by atomic mass is 10.0. The van der Waals surface area contributed by atoms with Gasteiger partial charge in [0.1, 0.15) is 6.17 Å². The van der Waals surface area contributed by atoms with E-state index in [1.807, 2.05) is 55.5 Å². The summed E-state index contributed by atoms with van der Waals surface area (Å²) in [7, 11) is 0. The van der Waals surface area contributed by atoms with Crippen LogP contribution in [0.25, 0.3) is 0 Å². The van der Waals surface area contributed by atoms with Crippen LogP contribution in [0.15, 0.2) is 60.7 Å². The van der Waals surface area contributed by atoms with Gasteiger partial charge in [0.15, 0.2) is 0 Å². The van der Waals surface area contributed by atoms with Gasteiger partial charge in [-0.1, -0.05) is 41.4 Å².